The summed E-state index contributed by atoms with van der Waals surface area (Å²) in [5, 5.41) is 2.07. The van der Waals surface area contributed by atoms with Gasteiger partial charge in [-0.15, -0.1) is 0 Å². The summed E-state index contributed by atoms with van der Waals surface area (Å²) < 4.78 is 41.4. The number of imidazole rings is 1. The number of hydrogen-bond donors (Lipinski definition) is 2. The predicted molar refractivity (Wildman–Crippen MR) is 102 cm³/mol. The summed E-state index contributed by atoms with van der Waals surface area (Å²) in [6.45, 7) is 1.73. The van der Waals surface area contributed by atoms with Crippen molar-refractivity contribution in [3.8, 4) is 11.3 Å². The third kappa shape index (κ3) is 3.60. The standard InChI is InChI=1S/C20H18F3N5O2/c1-10-8-14(12-4-2-3-5-13(12)17(24)29)26-18-15(25-9-28(10)18)19(30)27-16(11-6-7-11)20(21,22)23/h2-5,8-9,11,16H,6-7H2,1H3,(H2,24,29)(H,27,30). The number of halogens is 3. The molecule has 1 aromatic carbocycles. The Morgan fingerprint density at radius 1 is 1.27 bits per heavy atom. The van der Waals surface area contributed by atoms with Gasteiger partial charge >= 0.3 is 6.18 Å². The molecule has 2 amide bonds. The van der Waals surface area contributed by atoms with Crippen LogP contribution in [0.3, 0.4) is 0 Å². The van der Waals surface area contributed by atoms with E-state index >= 15 is 0 Å². The van der Waals surface area contributed by atoms with Gasteiger partial charge in [0.05, 0.1) is 5.69 Å². The van der Waals surface area contributed by atoms with Gasteiger partial charge in [0, 0.05) is 16.8 Å². The molecule has 0 spiro atoms. The Hall–Kier alpha value is -3.43. The van der Waals surface area contributed by atoms with Crippen molar-refractivity contribution in [3.63, 3.8) is 0 Å². The highest BCUT2D eigenvalue weighted by Gasteiger charge is 2.50. The minimum Gasteiger partial charge on any atom is -0.366 e. The molecule has 4 rings (SSSR count). The maximum atomic E-state index is 13.3. The fraction of sp³-hybridized carbons (Fsp3) is 0.300. The van der Waals surface area contributed by atoms with Gasteiger partial charge in [0.25, 0.3) is 5.91 Å². The number of carbonyl (C=O) groups is 2. The number of nitrogens with one attached hydrogen (secondary N) is 1. The first kappa shape index (κ1) is 19.9. The minimum atomic E-state index is -4.54. The van der Waals surface area contributed by atoms with Crippen LogP contribution in [0, 0.1) is 12.8 Å². The van der Waals surface area contributed by atoms with Gasteiger partial charge in [-0.3, -0.25) is 14.0 Å². The summed E-state index contributed by atoms with van der Waals surface area (Å²) in [4.78, 5) is 32.8. The number of nitrogens with two attached hydrogens (primary N) is 1. The van der Waals surface area contributed by atoms with E-state index in [0.717, 1.165) is 0 Å². The fourth-order valence-corrected chi connectivity index (χ4v) is 3.45. The molecule has 0 aliphatic heterocycles. The van der Waals surface area contributed by atoms with Crippen molar-refractivity contribution in [2.75, 3.05) is 0 Å². The molecular weight excluding hydrogens is 399 g/mol. The number of primary amides is 1. The minimum absolute atomic E-state index is 0.0958. The van der Waals surface area contributed by atoms with Crippen molar-refractivity contribution < 1.29 is 22.8 Å². The smallest absolute Gasteiger partial charge is 0.366 e. The normalized spacial score (nSPS) is 15.2. The quantitative estimate of drug-likeness (QED) is 0.666. The number of amides is 2. The highest BCUT2D eigenvalue weighted by molar-refractivity contribution is 6.00. The maximum absolute atomic E-state index is 13.3. The van der Waals surface area contributed by atoms with E-state index in [1.54, 1.807) is 37.3 Å². The second kappa shape index (κ2) is 7.12. The highest BCUT2D eigenvalue weighted by Crippen LogP contribution is 2.40. The van der Waals surface area contributed by atoms with Crippen LogP contribution in [0.1, 0.15) is 39.4 Å². The summed E-state index contributed by atoms with van der Waals surface area (Å²) in [6, 6.07) is 6.33. The van der Waals surface area contributed by atoms with Crippen LogP contribution in [-0.4, -0.2) is 38.4 Å². The van der Waals surface area contributed by atoms with Gasteiger partial charge in [-0.2, -0.15) is 13.2 Å². The first-order chi connectivity index (χ1) is 14.2. The summed E-state index contributed by atoms with van der Waals surface area (Å²) in [7, 11) is 0. The molecule has 7 nitrogen and oxygen atoms in total. The van der Waals surface area contributed by atoms with Crippen LogP contribution in [0.5, 0.6) is 0 Å². The molecule has 1 unspecified atom stereocenters. The van der Waals surface area contributed by atoms with Crippen LogP contribution in [0.2, 0.25) is 0 Å². The molecule has 3 N–H and O–H groups in total. The largest absolute Gasteiger partial charge is 0.408 e. The molecule has 0 radical (unpaired) electrons. The van der Waals surface area contributed by atoms with E-state index in [0.29, 0.717) is 29.8 Å². The molecule has 1 aliphatic carbocycles. The van der Waals surface area contributed by atoms with Gasteiger partial charge < -0.3 is 11.1 Å². The molecule has 10 heteroatoms. The van der Waals surface area contributed by atoms with Crippen LogP contribution in [0.15, 0.2) is 36.7 Å². The number of aryl methyl sites for hydroxylation is 1. The van der Waals surface area contributed by atoms with Gasteiger partial charge in [-0.05, 0) is 37.8 Å². The van der Waals surface area contributed by atoms with Crippen molar-refractivity contribution in [2.45, 2.75) is 32.0 Å². The fourth-order valence-electron chi connectivity index (χ4n) is 3.45. The van der Waals surface area contributed by atoms with Crippen molar-refractivity contribution in [1.82, 2.24) is 19.7 Å². The first-order valence-electron chi connectivity index (χ1n) is 9.28. The predicted octanol–water partition coefficient (Wildman–Crippen LogP) is 2.87. The van der Waals surface area contributed by atoms with Crippen LogP contribution in [-0.2, 0) is 0 Å². The van der Waals surface area contributed by atoms with Gasteiger partial charge in [0.2, 0.25) is 5.91 Å². The summed E-state index contributed by atoms with van der Waals surface area (Å²) in [5.74, 6) is -2.21. The Kier molecular flexibility index (Phi) is 4.71. The molecular formula is C20H18F3N5O2. The number of fused-ring (bicyclic) bond motifs is 1. The zero-order valence-corrected chi connectivity index (χ0v) is 15.9. The molecule has 0 saturated heterocycles. The summed E-state index contributed by atoms with van der Waals surface area (Å²) >= 11 is 0. The van der Waals surface area contributed by atoms with Crippen LogP contribution >= 0.6 is 0 Å². The number of aromatic nitrogens is 3. The van der Waals surface area contributed by atoms with E-state index in [9.17, 15) is 22.8 Å². The Labute approximate surface area is 169 Å². The molecule has 156 valence electrons. The number of rotatable bonds is 5. The van der Waals surface area contributed by atoms with Crippen LogP contribution < -0.4 is 11.1 Å². The summed E-state index contributed by atoms with van der Waals surface area (Å²) in [6.07, 6.45) is -2.38. The Morgan fingerprint density at radius 2 is 1.97 bits per heavy atom. The van der Waals surface area contributed by atoms with E-state index in [4.69, 9.17) is 5.73 Å². The SMILES string of the molecule is Cc1cc(-c2ccccc2C(N)=O)nc2c(C(=O)NC(C3CC3)C(F)(F)F)ncn12. The van der Waals surface area contributed by atoms with E-state index in [1.807, 2.05) is 0 Å². The molecule has 0 bridgehead atoms. The molecule has 30 heavy (non-hydrogen) atoms. The van der Waals surface area contributed by atoms with Crippen LogP contribution in [0.25, 0.3) is 16.9 Å². The Morgan fingerprint density at radius 3 is 2.60 bits per heavy atom. The molecule has 2 heterocycles. The zero-order chi connectivity index (χ0) is 21.6. The highest BCUT2D eigenvalue weighted by atomic mass is 19.4. The molecule has 1 atom stereocenters. The lowest BCUT2D eigenvalue weighted by molar-refractivity contribution is -0.158. The molecule has 3 aromatic rings. The van der Waals surface area contributed by atoms with E-state index < -0.39 is 30.0 Å². The number of nitrogens with zero attached hydrogens (tertiary/aromatic N) is 3. The molecule has 1 saturated carbocycles. The zero-order valence-electron chi connectivity index (χ0n) is 15.9. The lowest BCUT2D eigenvalue weighted by Crippen LogP contribution is -2.47. The number of hydrogen-bond acceptors (Lipinski definition) is 4. The molecule has 2 aromatic heterocycles. The lowest BCUT2D eigenvalue weighted by atomic mass is 10.0. The average molecular weight is 417 g/mol. The molecule has 1 aliphatic rings. The van der Waals surface area contributed by atoms with Crippen molar-refractivity contribution in [3.05, 3.63) is 53.6 Å². The second-order valence-corrected chi connectivity index (χ2v) is 7.31. The Balaban J connectivity index is 1.76. The number of carbonyl (C=O) groups excluding carboxylic acids is 2. The van der Waals surface area contributed by atoms with Crippen molar-refractivity contribution in [2.24, 2.45) is 11.7 Å². The van der Waals surface area contributed by atoms with E-state index in [-0.39, 0.29) is 16.9 Å². The van der Waals surface area contributed by atoms with E-state index in [2.05, 4.69) is 15.3 Å². The summed E-state index contributed by atoms with van der Waals surface area (Å²) in [5.41, 5.74) is 7.00. The third-order valence-corrected chi connectivity index (χ3v) is 5.11. The number of alkyl halides is 3. The average Bonchev–Trinajstić information content (AvgIpc) is 3.42. The van der Waals surface area contributed by atoms with E-state index in [1.165, 1.54) is 10.7 Å². The maximum Gasteiger partial charge on any atom is 0.408 e. The molecule has 1 fully saturated rings. The van der Waals surface area contributed by atoms with Gasteiger partial charge in [-0.1, -0.05) is 18.2 Å². The van der Waals surface area contributed by atoms with Crippen molar-refractivity contribution >= 4 is 17.5 Å². The Bertz CT molecular complexity index is 1150. The number of benzene rings is 1. The van der Waals surface area contributed by atoms with Gasteiger partial charge in [0.1, 0.15) is 12.4 Å². The van der Waals surface area contributed by atoms with Crippen molar-refractivity contribution in [1.29, 1.82) is 0 Å². The monoisotopic (exact) mass is 417 g/mol. The van der Waals surface area contributed by atoms with Gasteiger partial charge in [0.15, 0.2) is 11.3 Å². The van der Waals surface area contributed by atoms with Gasteiger partial charge in [-0.25, -0.2) is 9.97 Å². The topological polar surface area (TPSA) is 102 Å². The first-order valence-corrected chi connectivity index (χ1v) is 9.28. The second-order valence-electron chi connectivity index (χ2n) is 7.31. The lowest BCUT2D eigenvalue weighted by Gasteiger charge is -2.20. The van der Waals surface area contributed by atoms with Crippen LogP contribution in [0.4, 0.5) is 13.2 Å². The third-order valence-electron chi connectivity index (χ3n) is 5.11.